The number of benzene rings is 1. The highest BCUT2D eigenvalue weighted by Gasteiger charge is 2.16. The maximum Gasteiger partial charge on any atom is 0.338 e. The Hall–Kier alpha value is -1.65. The maximum absolute atomic E-state index is 13.4. The van der Waals surface area contributed by atoms with Crippen LogP contribution in [0.2, 0.25) is 0 Å². The summed E-state index contributed by atoms with van der Waals surface area (Å²) in [6.07, 6.45) is 0.784. The van der Waals surface area contributed by atoms with Crippen molar-refractivity contribution in [1.29, 1.82) is 0 Å². The number of carboxylic acids is 1. The minimum atomic E-state index is -1.41. The number of hydrogen-bond acceptors (Lipinski definition) is 2. The van der Waals surface area contributed by atoms with Gasteiger partial charge in [0.2, 0.25) is 0 Å². The Labute approximate surface area is 105 Å². The largest absolute Gasteiger partial charge is 0.478 e. The van der Waals surface area contributed by atoms with Gasteiger partial charge in [-0.1, -0.05) is 20.8 Å². The summed E-state index contributed by atoms with van der Waals surface area (Å²) in [5.41, 5.74) is -0.438. The molecule has 0 spiro atoms. The molecule has 0 heterocycles. The van der Waals surface area contributed by atoms with Crippen LogP contribution in [0.25, 0.3) is 0 Å². The van der Waals surface area contributed by atoms with E-state index in [1.165, 1.54) is 0 Å². The van der Waals surface area contributed by atoms with Gasteiger partial charge in [-0.05, 0) is 17.9 Å². The first-order chi connectivity index (χ1) is 8.20. The third-order valence-corrected chi connectivity index (χ3v) is 2.48. The van der Waals surface area contributed by atoms with Crippen LogP contribution in [0.4, 0.5) is 14.5 Å². The van der Waals surface area contributed by atoms with Gasteiger partial charge < -0.3 is 10.4 Å². The fourth-order valence-electron chi connectivity index (χ4n) is 1.42. The average molecular weight is 257 g/mol. The zero-order valence-electron chi connectivity index (χ0n) is 10.7. The van der Waals surface area contributed by atoms with Crippen molar-refractivity contribution >= 4 is 11.7 Å². The molecule has 0 saturated carbocycles. The van der Waals surface area contributed by atoms with E-state index in [2.05, 4.69) is 5.32 Å². The molecule has 3 nitrogen and oxygen atoms in total. The van der Waals surface area contributed by atoms with Gasteiger partial charge in [0.15, 0.2) is 0 Å². The highest BCUT2D eigenvalue weighted by atomic mass is 19.1. The highest BCUT2D eigenvalue weighted by molar-refractivity contribution is 5.89. The smallest absolute Gasteiger partial charge is 0.338 e. The van der Waals surface area contributed by atoms with E-state index in [4.69, 9.17) is 5.11 Å². The highest BCUT2D eigenvalue weighted by Crippen LogP contribution is 2.22. The molecule has 0 aliphatic heterocycles. The van der Waals surface area contributed by atoms with Gasteiger partial charge in [-0.25, -0.2) is 13.6 Å². The van der Waals surface area contributed by atoms with E-state index in [-0.39, 0.29) is 11.1 Å². The molecule has 5 heteroatoms. The van der Waals surface area contributed by atoms with E-state index >= 15 is 0 Å². The first-order valence-electron chi connectivity index (χ1n) is 5.67. The molecule has 0 unspecified atom stereocenters. The average Bonchev–Trinajstić information content (AvgIpc) is 2.18. The number of aromatic carboxylic acids is 1. The van der Waals surface area contributed by atoms with Crippen molar-refractivity contribution in [2.24, 2.45) is 5.41 Å². The number of anilines is 1. The van der Waals surface area contributed by atoms with Crippen molar-refractivity contribution in [2.75, 3.05) is 11.9 Å². The van der Waals surface area contributed by atoms with Gasteiger partial charge in [0.05, 0.1) is 11.3 Å². The Morgan fingerprint density at radius 2 is 1.89 bits per heavy atom. The number of rotatable bonds is 4. The molecule has 100 valence electrons. The standard InChI is InChI=1S/C13H17F2NO2/c1-13(2,3)4-5-16-11-6-8(12(17)18)9(14)7-10(11)15/h6-7,16H,4-5H2,1-3H3,(H,17,18). The quantitative estimate of drug-likeness (QED) is 0.867. The second-order valence-corrected chi connectivity index (χ2v) is 5.35. The number of carbonyl (C=O) groups is 1. The van der Waals surface area contributed by atoms with Crippen LogP contribution in [-0.2, 0) is 0 Å². The lowest BCUT2D eigenvalue weighted by Gasteiger charge is -2.18. The second-order valence-electron chi connectivity index (χ2n) is 5.35. The van der Waals surface area contributed by atoms with Gasteiger partial charge in [-0.2, -0.15) is 0 Å². The van der Waals surface area contributed by atoms with Crippen LogP contribution in [0.3, 0.4) is 0 Å². The summed E-state index contributed by atoms with van der Waals surface area (Å²) in [5, 5.41) is 11.5. The molecule has 0 amide bonds. The van der Waals surface area contributed by atoms with Gasteiger partial charge in [0.25, 0.3) is 0 Å². The molecule has 0 aliphatic rings. The van der Waals surface area contributed by atoms with Crippen molar-refractivity contribution in [1.82, 2.24) is 0 Å². The van der Waals surface area contributed by atoms with Crippen LogP contribution >= 0.6 is 0 Å². The van der Waals surface area contributed by atoms with Crippen LogP contribution in [-0.4, -0.2) is 17.6 Å². The summed E-state index contributed by atoms with van der Waals surface area (Å²) in [6, 6.07) is 1.57. The lowest BCUT2D eigenvalue weighted by Crippen LogP contribution is -2.14. The normalized spacial score (nSPS) is 11.4. The van der Waals surface area contributed by atoms with Crippen LogP contribution < -0.4 is 5.32 Å². The van der Waals surface area contributed by atoms with E-state index in [1.807, 2.05) is 20.8 Å². The van der Waals surface area contributed by atoms with E-state index in [0.29, 0.717) is 12.6 Å². The summed E-state index contributed by atoms with van der Waals surface area (Å²) < 4.78 is 26.6. The van der Waals surface area contributed by atoms with E-state index in [9.17, 15) is 13.6 Å². The molecule has 0 aliphatic carbocycles. The molecule has 1 aromatic carbocycles. The van der Waals surface area contributed by atoms with Crippen molar-refractivity contribution < 1.29 is 18.7 Å². The van der Waals surface area contributed by atoms with Crippen LogP contribution in [0, 0.1) is 17.0 Å². The summed E-state index contributed by atoms with van der Waals surface area (Å²) in [7, 11) is 0. The summed E-state index contributed by atoms with van der Waals surface area (Å²) >= 11 is 0. The van der Waals surface area contributed by atoms with Crippen LogP contribution in [0.15, 0.2) is 12.1 Å². The van der Waals surface area contributed by atoms with Crippen LogP contribution in [0.1, 0.15) is 37.6 Å². The van der Waals surface area contributed by atoms with Gasteiger partial charge in [-0.15, -0.1) is 0 Å². The molecule has 0 fully saturated rings. The molecule has 1 rings (SSSR count). The van der Waals surface area contributed by atoms with Gasteiger partial charge in [0, 0.05) is 12.6 Å². The molecule has 1 aromatic rings. The molecule has 0 saturated heterocycles. The van der Waals surface area contributed by atoms with Crippen molar-refractivity contribution in [2.45, 2.75) is 27.2 Å². The number of nitrogens with one attached hydrogen (secondary N) is 1. The van der Waals surface area contributed by atoms with E-state index in [0.717, 1.165) is 12.5 Å². The Morgan fingerprint density at radius 1 is 1.28 bits per heavy atom. The second kappa shape index (κ2) is 5.33. The Kier molecular flexibility index (Phi) is 4.27. The third kappa shape index (κ3) is 3.98. The minimum Gasteiger partial charge on any atom is -0.478 e. The monoisotopic (exact) mass is 257 g/mol. The van der Waals surface area contributed by atoms with E-state index < -0.39 is 23.2 Å². The number of carboxylic acid groups (broad SMARTS) is 1. The third-order valence-electron chi connectivity index (χ3n) is 2.48. The maximum atomic E-state index is 13.4. The summed E-state index contributed by atoms with van der Waals surface area (Å²) in [6.45, 7) is 6.61. The first-order valence-corrected chi connectivity index (χ1v) is 5.67. The fourth-order valence-corrected chi connectivity index (χ4v) is 1.42. The molecular formula is C13H17F2NO2. The lowest BCUT2D eigenvalue weighted by molar-refractivity contribution is 0.0692. The van der Waals surface area contributed by atoms with Crippen molar-refractivity contribution in [3.8, 4) is 0 Å². The van der Waals surface area contributed by atoms with Crippen LogP contribution in [0.5, 0.6) is 0 Å². The molecule has 0 atom stereocenters. The van der Waals surface area contributed by atoms with Crippen molar-refractivity contribution in [3.05, 3.63) is 29.3 Å². The van der Waals surface area contributed by atoms with Crippen molar-refractivity contribution in [3.63, 3.8) is 0 Å². The summed E-state index contributed by atoms with van der Waals surface area (Å²) in [4.78, 5) is 10.7. The van der Waals surface area contributed by atoms with E-state index in [1.54, 1.807) is 0 Å². The Morgan fingerprint density at radius 3 is 2.39 bits per heavy atom. The zero-order chi connectivity index (χ0) is 13.9. The Balaban J connectivity index is 2.83. The topological polar surface area (TPSA) is 49.3 Å². The molecule has 0 bridgehead atoms. The molecule has 0 radical (unpaired) electrons. The summed E-state index contributed by atoms with van der Waals surface area (Å²) in [5.74, 6) is -3.26. The van der Waals surface area contributed by atoms with Gasteiger partial charge >= 0.3 is 5.97 Å². The SMILES string of the molecule is CC(C)(C)CCNc1cc(C(=O)O)c(F)cc1F. The molecule has 18 heavy (non-hydrogen) atoms. The zero-order valence-corrected chi connectivity index (χ0v) is 10.7. The fraction of sp³-hybridized carbons (Fsp3) is 0.462. The molecule has 2 N–H and O–H groups in total. The molecular weight excluding hydrogens is 240 g/mol. The Bertz CT molecular complexity index is 453. The number of hydrogen-bond donors (Lipinski definition) is 2. The molecule has 0 aromatic heterocycles. The first kappa shape index (κ1) is 14.4. The lowest BCUT2D eigenvalue weighted by atomic mass is 9.92. The van der Waals surface area contributed by atoms with Gasteiger partial charge in [-0.3, -0.25) is 0 Å². The predicted octanol–water partition coefficient (Wildman–Crippen LogP) is 3.51. The minimum absolute atomic E-state index is 0.0121. The predicted molar refractivity (Wildman–Crippen MR) is 65.9 cm³/mol. The van der Waals surface area contributed by atoms with Gasteiger partial charge in [0.1, 0.15) is 11.6 Å². The number of halogens is 2.